The lowest BCUT2D eigenvalue weighted by Crippen LogP contribution is -2.46. The van der Waals surface area contributed by atoms with Gasteiger partial charge in [-0.05, 0) is 43.7 Å². The van der Waals surface area contributed by atoms with Gasteiger partial charge >= 0.3 is 0 Å². The largest absolute Gasteiger partial charge is 0.368 e. The molecule has 2 aromatic carbocycles. The van der Waals surface area contributed by atoms with E-state index in [1.165, 1.54) is 5.69 Å². The Hall–Kier alpha value is -2.79. The van der Waals surface area contributed by atoms with Gasteiger partial charge in [-0.1, -0.05) is 35.9 Å². The first-order valence-corrected chi connectivity index (χ1v) is 9.90. The first-order chi connectivity index (χ1) is 13.6. The van der Waals surface area contributed by atoms with Crippen molar-refractivity contribution in [3.05, 3.63) is 71.0 Å². The molecule has 0 unspecified atom stereocenters. The van der Waals surface area contributed by atoms with Crippen molar-refractivity contribution in [2.75, 3.05) is 41.3 Å². The molecule has 0 spiro atoms. The second kappa shape index (κ2) is 8.07. The van der Waals surface area contributed by atoms with Crippen LogP contribution in [-0.4, -0.2) is 36.1 Å². The smallest absolute Gasteiger partial charge is 0.136 e. The number of piperazine rings is 1. The predicted molar refractivity (Wildman–Crippen MR) is 117 cm³/mol. The van der Waals surface area contributed by atoms with Gasteiger partial charge in [0.05, 0.1) is 0 Å². The van der Waals surface area contributed by atoms with Crippen LogP contribution in [0.3, 0.4) is 0 Å². The van der Waals surface area contributed by atoms with Crippen LogP contribution in [0.1, 0.15) is 11.4 Å². The lowest BCUT2D eigenvalue weighted by Gasteiger charge is -2.36. The van der Waals surface area contributed by atoms with E-state index in [1.54, 1.807) is 0 Å². The summed E-state index contributed by atoms with van der Waals surface area (Å²) in [6.45, 7) is 7.74. The number of rotatable bonds is 4. The van der Waals surface area contributed by atoms with E-state index in [-0.39, 0.29) is 0 Å². The third-order valence-electron chi connectivity index (χ3n) is 4.99. The van der Waals surface area contributed by atoms with Gasteiger partial charge < -0.3 is 15.1 Å². The molecule has 4 rings (SSSR count). The Labute approximate surface area is 171 Å². The Balaban J connectivity index is 1.47. The SMILES string of the molecule is Cc1nc(Nc2ccc(C)c(Cl)c2)cc(N2CCN(c3ccccc3)CC2)n1. The second-order valence-corrected chi connectivity index (χ2v) is 7.46. The van der Waals surface area contributed by atoms with E-state index in [1.807, 2.05) is 38.1 Å². The molecule has 1 aliphatic rings. The van der Waals surface area contributed by atoms with Crippen molar-refractivity contribution in [1.29, 1.82) is 0 Å². The van der Waals surface area contributed by atoms with Crippen LogP contribution in [0.4, 0.5) is 23.0 Å². The molecule has 1 aliphatic heterocycles. The minimum Gasteiger partial charge on any atom is -0.368 e. The van der Waals surface area contributed by atoms with Crippen LogP contribution in [0.5, 0.6) is 0 Å². The third kappa shape index (κ3) is 4.20. The molecule has 6 heteroatoms. The molecular formula is C22H24ClN5. The number of aromatic nitrogens is 2. The monoisotopic (exact) mass is 393 g/mol. The number of nitrogens with one attached hydrogen (secondary N) is 1. The zero-order valence-corrected chi connectivity index (χ0v) is 16.9. The number of nitrogens with zero attached hydrogens (tertiary/aromatic N) is 4. The average molecular weight is 394 g/mol. The molecule has 0 atom stereocenters. The summed E-state index contributed by atoms with van der Waals surface area (Å²) in [7, 11) is 0. The van der Waals surface area contributed by atoms with E-state index in [9.17, 15) is 0 Å². The van der Waals surface area contributed by atoms with Crippen molar-refractivity contribution >= 4 is 34.6 Å². The molecule has 0 saturated carbocycles. The van der Waals surface area contributed by atoms with Crippen LogP contribution in [0.25, 0.3) is 0 Å². The summed E-state index contributed by atoms with van der Waals surface area (Å²) in [4.78, 5) is 13.9. The van der Waals surface area contributed by atoms with Crippen LogP contribution in [-0.2, 0) is 0 Å². The number of halogens is 1. The Morgan fingerprint density at radius 2 is 1.57 bits per heavy atom. The summed E-state index contributed by atoms with van der Waals surface area (Å²) in [5, 5.41) is 4.10. The maximum absolute atomic E-state index is 6.24. The number of benzene rings is 2. The van der Waals surface area contributed by atoms with E-state index in [4.69, 9.17) is 11.6 Å². The quantitative estimate of drug-likeness (QED) is 0.688. The summed E-state index contributed by atoms with van der Waals surface area (Å²) in [5.41, 5.74) is 3.26. The summed E-state index contributed by atoms with van der Waals surface area (Å²) in [5.74, 6) is 2.50. The summed E-state index contributed by atoms with van der Waals surface area (Å²) in [6, 6.07) is 18.5. The number of hydrogen-bond donors (Lipinski definition) is 1. The summed E-state index contributed by atoms with van der Waals surface area (Å²) < 4.78 is 0. The number of para-hydroxylation sites is 1. The standard InChI is InChI=1S/C22H24ClN5/c1-16-8-9-18(14-20(16)23)26-21-15-22(25-17(2)24-21)28-12-10-27(11-13-28)19-6-4-3-5-7-19/h3-9,14-15H,10-13H2,1-2H3,(H,24,25,26). The van der Waals surface area contributed by atoms with Gasteiger partial charge in [-0.25, -0.2) is 9.97 Å². The lowest BCUT2D eigenvalue weighted by molar-refractivity contribution is 0.646. The number of hydrogen-bond acceptors (Lipinski definition) is 5. The average Bonchev–Trinajstić information content (AvgIpc) is 2.71. The molecule has 1 saturated heterocycles. The van der Waals surface area contributed by atoms with Gasteiger partial charge in [0.2, 0.25) is 0 Å². The minimum atomic E-state index is 0.744. The van der Waals surface area contributed by atoms with E-state index in [2.05, 4.69) is 55.4 Å². The van der Waals surface area contributed by atoms with E-state index < -0.39 is 0 Å². The topological polar surface area (TPSA) is 44.3 Å². The molecule has 28 heavy (non-hydrogen) atoms. The first-order valence-electron chi connectivity index (χ1n) is 9.52. The van der Waals surface area contributed by atoms with Crippen molar-refractivity contribution in [1.82, 2.24) is 9.97 Å². The zero-order valence-electron chi connectivity index (χ0n) is 16.2. The highest BCUT2D eigenvalue weighted by Gasteiger charge is 2.19. The molecule has 0 radical (unpaired) electrons. The molecule has 1 N–H and O–H groups in total. The summed E-state index contributed by atoms with van der Waals surface area (Å²) >= 11 is 6.24. The highest BCUT2D eigenvalue weighted by atomic mass is 35.5. The lowest BCUT2D eigenvalue weighted by atomic mass is 10.2. The molecule has 1 fully saturated rings. The van der Waals surface area contributed by atoms with Crippen LogP contribution >= 0.6 is 11.6 Å². The van der Waals surface area contributed by atoms with Crippen LogP contribution in [0, 0.1) is 13.8 Å². The van der Waals surface area contributed by atoms with E-state index in [0.717, 1.165) is 59.9 Å². The molecule has 0 amide bonds. The van der Waals surface area contributed by atoms with Crippen molar-refractivity contribution in [3.8, 4) is 0 Å². The highest BCUT2D eigenvalue weighted by molar-refractivity contribution is 6.31. The van der Waals surface area contributed by atoms with Crippen molar-refractivity contribution < 1.29 is 0 Å². The fourth-order valence-corrected chi connectivity index (χ4v) is 3.61. The van der Waals surface area contributed by atoms with Crippen LogP contribution < -0.4 is 15.1 Å². The molecule has 0 bridgehead atoms. The highest BCUT2D eigenvalue weighted by Crippen LogP contribution is 2.25. The van der Waals surface area contributed by atoms with E-state index >= 15 is 0 Å². The molecular weight excluding hydrogens is 370 g/mol. The van der Waals surface area contributed by atoms with Gasteiger partial charge in [0.15, 0.2) is 0 Å². The van der Waals surface area contributed by atoms with Gasteiger partial charge in [-0.3, -0.25) is 0 Å². The van der Waals surface area contributed by atoms with Crippen molar-refractivity contribution in [3.63, 3.8) is 0 Å². The van der Waals surface area contributed by atoms with Crippen molar-refractivity contribution in [2.45, 2.75) is 13.8 Å². The number of aryl methyl sites for hydroxylation is 2. The Bertz CT molecular complexity index is 952. The maximum atomic E-state index is 6.24. The molecule has 144 valence electrons. The molecule has 3 aromatic rings. The van der Waals surface area contributed by atoms with Gasteiger partial charge in [0.25, 0.3) is 0 Å². The number of anilines is 4. The minimum absolute atomic E-state index is 0.744. The third-order valence-corrected chi connectivity index (χ3v) is 5.40. The molecule has 5 nitrogen and oxygen atoms in total. The fourth-order valence-electron chi connectivity index (χ4n) is 3.43. The Kier molecular flexibility index (Phi) is 5.35. The normalized spacial score (nSPS) is 14.2. The predicted octanol–water partition coefficient (Wildman–Crippen LogP) is 4.82. The van der Waals surface area contributed by atoms with Gasteiger partial charge in [0.1, 0.15) is 17.5 Å². The Morgan fingerprint density at radius 1 is 0.857 bits per heavy atom. The maximum Gasteiger partial charge on any atom is 0.136 e. The van der Waals surface area contributed by atoms with E-state index in [0.29, 0.717) is 0 Å². The molecule has 0 aliphatic carbocycles. The Morgan fingerprint density at radius 3 is 2.29 bits per heavy atom. The van der Waals surface area contributed by atoms with Gasteiger partial charge in [0, 0.05) is 48.6 Å². The van der Waals surface area contributed by atoms with Crippen molar-refractivity contribution in [2.24, 2.45) is 0 Å². The molecule has 1 aromatic heterocycles. The fraction of sp³-hybridized carbons (Fsp3) is 0.273. The van der Waals surface area contributed by atoms with Crippen LogP contribution in [0.15, 0.2) is 54.6 Å². The second-order valence-electron chi connectivity index (χ2n) is 7.06. The van der Waals surface area contributed by atoms with Gasteiger partial charge in [-0.2, -0.15) is 0 Å². The molecule has 2 heterocycles. The summed E-state index contributed by atoms with van der Waals surface area (Å²) in [6.07, 6.45) is 0. The first kappa shape index (κ1) is 18.6. The zero-order chi connectivity index (χ0) is 19.5. The van der Waals surface area contributed by atoms with Crippen LogP contribution in [0.2, 0.25) is 5.02 Å². The van der Waals surface area contributed by atoms with Gasteiger partial charge in [-0.15, -0.1) is 0 Å².